The molecule has 0 saturated carbocycles. The Morgan fingerprint density at radius 3 is 2.12 bits per heavy atom. The number of azo groups is 1. The molecule has 0 spiro atoms. The van der Waals surface area contributed by atoms with Gasteiger partial charge in [-0.3, -0.25) is 0 Å². The Morgan fingerprint density at radius 1 is 0.960 bits per heavy atom. The fourth-order valence-electron chi connectivity index (χ4n) is 1.66. The van der Waals surface area contributed by atoms with Crippen LogP contribution >= 0.6 is 0 Å². The fraction of sp³-hybridized carbons (Fsp3) is 0.0769. The van der Waals surface area contributed by atoms with Gasteiger partial charge in [0.25, 0.3) is 0 Å². The number of rotatable bonds is 6. The van der Waals surface area contributed by atoms with Crippen LogP contribution < -0.4 is 40.0 Å². The number of primary sulfonamides is 1. The SMILES string of the molecule is NS(=O)(=O)c1cccc(N=Nc2ccc(NCS(=O)(=O)[O-])cc2)c1.[Na+]. The van der Waals surface area contributed by atoms with Gasteiger partial charge in [-0.2, -0.15) is 10.2 Å². The number of hydrogen-bond donors (Lipinski definition) is 2. The number of nitrogens with two attached hydrogens (primary N) is 1. The van der Waals surface area contributed by atoms with Crippen molar-refractivity contribution in [1.29, 1.82) is 0 Å². The van der Waals surface area contributed by atoms with E-state index < -0.39 is 26.0 Å². The van der Waals surface area contributed by atoms with Crippen molar-refractivity contribution in [2.45, 2.75) is 4.90 Å². The summed E-state index contributed by atoms with van der Waals surface area (Å²) in [7, 11) is -8.17. The Kier molecular flexibility index (Phi) is 7.68. The minimum absolute atomic E-state index is 0. The van der Waals surface area contributed by atoms with Crippen LogP contribution in [0.1, 0.15) is 0 Å². The molecule has 0 radical (unpaired) electrons. The normalized spacial score (nSPS) is 11.9. The van der Waals surface area contributed by atoms with Crippen molar-refractivity contribution in [1.82, 2.24) is 0 Å². The van der Waals surface area contributed by atoms with Crippen LogP contribution in [-0.2, 0) is 20.1 Å². The van der Waals surface area contributed by atoms with E-state index in [0.29, 0.717) is 17.1 Å². The van der Waals surface area contributed by atoms with E-state index in [4.69, 9.17) is 5.14 Å². The molecule has 0 aromatic heterocycles. The minimum atomic E-state index is -4.36. The fourth-order valence-corrected chi connectivity index (χ4v) is 2.55. The van der Waals surface area contributed by atoms with Gasteiger partial charge in [0.2, 0.25) is 10.0 Å². The van der Waals surface area contributed by atoms with Crippen LogP contribution in [0.15, 0.2) is 63.7 Å². The summed E-state index contributed by atoms with van der Waals surface area (Å²) in [4.78, 5) is -0.0719. The maximum Gasteiger partial charge on any atom is 1.00 e. The molecular weight excluding hydrogens is 379 g/mol. The van der Waals surface area contributed by atoms with Crippen molar-refractivity contribution >= 4 is 37.2 Å². The first-order valence-corrected chi connectivity index (χ1v) is 9.58. The minimum Gasteiger partial charge on any atom is -0.747 e. The summed E-state index contributed by atoms with van der Waals surface area (Å²) in [5.74, 6) is -0.714. The molecular formula is C13H13N4NaO5S2. The van der Waals surface area contributed by atoms with Crippen LogP contribution in [0.25, 0.3) is 0 Å². The van der Waals surface area contributed by atoms with Gasteiger partial charge in [0.05, 0.1) is 16.3 Å². The van der Waals surface area contributed by atoms with E-state index in [-0.39, 0.29) is 34.5 Å². The number of sulfonamides is 1. The van der Waals surface area contributed by atoms with Crippen LogP contribution in [0.5, 0.6) is 0 Å². The first-order chi connectivity index (χ1) is 11.1. The Balaban J connectivity index is 0.00000312. The van der Waals surface area contributed by atoms with Crippen LogP contribution in [0.2, 0.25) is 0 Å². The van der Waals surface area contributed by atoms with Gasteiger partial charge in [-0.15, -0.1) is 0 Å². The zero-order valence-corrected chi connectivity index (χ0v) is 16.8. The zero-order valence-electron chi connectivity index (χ0n) is 13.2. The molecule has 0 aliphatic heterocycles. The monoisotopic (exact) mass is 392 g/mol. The molecule has 0 heterocycles. The molecule has 2 rings (SSSR count). The van der Waals surface area contributed by atoms with Gasteiger partial charge >= 0.3 is 29.6 Å². The maximum atomic E-state index is 11.3. The quantitative estimate of drug-likeness (QED) is 0.353. The molecule has 0 aliphatic rings. The summed E-state index contributed by atoms with van der Waals surface area (Å²) in [6.07, 6.45) is 0. The van der Waals surface area contributed by atoms with Crippen molar-refractivity contribution in [3.8, 4) is 0 Å². The second kappa shape index (κ2) is 8.85. The van der Waals surface area contributed by atoms with E-state index >= 15 is 0 Å². The summed E-state index contributed by atoms with van der Waals surface area (Å²) in [6.45, 7) is 0. The average Bonchev–Trinajstić information content (AvgIpc) is 2.51. The maximum absolute atomic E-state index is 11.3. The third-order valence-electron chi connectivity index (χ3n) is 2.75. The second-order valence-corrected chi connectivity index (χ2v) is 7.63. The van der Waals surface area contributed by atoms with Crippen LogP contribution in [0.4, 0.5) is 17.1 Å². The van der Waals surface area contributed by atoms with Crippen LogP contribution in [0, 0.1) is 0 Å². The Bertz CT molecular complexity index is 960. The summed E-state index contributed by atoms with van der Waals surface area (Å²) in [5, 5.41) is 15.3. The summed E-state index contributed by atoms with van der Waals surface area (Å²) >= 11 is 0. The summed E-state index contributed by atoms with van der Waals surface area (Å²) < 4.78 is 54.1. The van der Waals surface area contributed by atoms with E-state index in [1.54, 1.807) is 18.2 Å². The number of hydrogen-bond acceptors (Lipinski definition) is 8. The van der Waals surface area contributed by atoms with Gasteiger partial charge in [0.15, 0.2) is 0 Å². The Hall–Kier alpha value is -1.34. The summed E-state index contributed by atoms with van der Waals surface area (Å²) in [5.41, 5.74) is 1.19. The number of benzene rings is 2. The molecule has 0 bridgehead atoms. The van der Waals surface area contributed by atoms with Crippen molar-refractivity contribution in [3.05, 3.63) is 48.5 Å². The van der Waals surface area contributed by atoms with Gasteiger partial charge in [0, 0.05) is 5.69 Å². The van der Waals surface area contributed by atoms with E-state index in [1.165, 1.54) is 30.3 Å². The van der Waals surface area contributed by atoms with Gasteiger partial charge in [-0.1, -0.05) is 6.07 Å². The third-order valence-corrected chi connectivity index (χ3v) is 4.16. The molecule has 128 valence electrons. The van der Waals surface area contributed by atoms with Crippen molar-refractivity contribution in [2.24, 2.45) is 15.4 Å². The molecule has 0 unspecified atom stereocenters. The number of nitrogens with zero attached hydrogens (tertiary/aromatic N) is 2. The molecule has 0 atom stereocenters. The van der Waals surface area contributed by atoms with E-state index in [9.17, 15) is 21.4 Å². The first-order valence-electron chi connectivity index (χ1n) is 6.46. The number of nitrogens with one attached hydrogen (secondary N) is 1. The summed E-state index contributed by atoms with van der Waals surface area (Å²) in [6, 6.07) is 11.8. The topological polar surface area (TPSA) is 154 Å². The van der Waals surface area contributed by atoms with Gasteiger partial charge in [-0.05, 0) is 42.5 Å². The van der Waals surface area contributed by atoms with E-state index in [0.717, 1.165) is 0 Å². The van der Waals surface area contributed by atoms with Crippen molar-refractivity contribution in [2.75, 3.05) is 11.2 Å². The molecule has 9 nitrogen and oxygen atoms in total. The van der Waals surface area contributed by atoms with Gasteiger partial charge in [0.1, 0.15) is 16.0 Å². The standard InChI is InChI=1S/C13H14N4O5S2.Na/c14-24(21,22)13-3-1-2-12(8-13)17-16-11-6-4-10(5-7-11)15-9-23(18,19)20;/h1-8,15H,9H2,(H2,14,21,22)(H,18,19,20);/q;+1/p-1. The predicted octanol–water partition coefficient (Wildman–Crippen LogP) is -1.33. The predicted molar refractivity (Wildman–Crippen MR) is 86.6 cm³/mol. The second-order valence-electron chi connectivity index (χ2n) is 4.67. The largest absolute Gasteiger partial charge is 1.00 e. The third kappa shape index (κ3) is 7.61. The molecule has 2 aromatic carbocycles. The van der Waals surface area contributed by atoms with Gasteiger partial charge < -0.3 is 9.87 Å². The zero-order chi connectivity index (χ0) is 17.8. The number of anilines is 1. The smallest absolute Gasteiger partial charge is 0.747 e. The van der Waals surface area contributed by atoms with E-state index in [1.807, 2.05) is 0 Å². The first kappa shape index (κ1) is 21.7. The Morgan fingerprint density at radius 2 is 1.56 bits per heavy atom. The van der Waals surface area contributed by atoms with Crippen molar-refractivity contribution in [3.63, 3.8) is 0 Å². The Labute approximate surface area is 167 Å². The molecule has 3 N–H and O–H groups in total. The molecule has 0 fully saturated rings. The molecule has 12 heteroatoms. The molecule has 0 amide bonds. The molecule has 0 aliphatic carbocycles. The van der Waals surface area contributed by atoms with Crippen LogP contribution in [0.3, 0.4) is 0 Å². The molecule has 25 heavy (non-hydrogen) atoms. The van der Waals surface area contributed by atoms with E-state index in [2.05, 4.69) is 15.5 Å². The molecule has 0 saturated heterocycles. The average molecular weight is 392 g/mol. The van der Waals surface area contributed by atoms with Crippen LogP contribution in [-0.4, -0.2) is 27.3 Å². The molecule has 2 aromatic rings. The van der Waals surface area contributed by atoms with Gasteiger partial charge in [-0.25, -0.2) is 22.0 Å². The van der Waals surface area contributed by atoms with Crippen molar-refractivity contribution < 1.29 is 50.9 Å².